The molecule has 85 heavy (non-hydrogen) atoms. The molecule has 4 aromatic carbocycles. The van der Waals surface area contributed by atoms with Gasteiger partial charge in [-0.3, -0.25) is 14.6 Å². The Balaban J connectivity index is 0.744. The molecule has 0 bridgehead atoms. The maximum absolute atomic E-state index is 15.2. The molecule has 3 saturated carbocycles. The number of ether oxygens (including phenoxy) is 2. The molecule has 5 N–H and O–H groups in total. The molecule has 5 aliphatic rings. The molecular weight excluding hydrogens is 1090 g/mol. The Morgan fingerprint density at radius 2 is 1.71 bits per heavy atom. The number of fused-ring (bicyclic) bond motifs is 3. The van der Waals surface area contributed by atoms with Gasteiger partial charge in [-0.2, -0.15) is 0 Å². The highest BCUT2D eigenvalue weighted by Gasteiger charge is 2.50. The van der Waals surface area contributed by atoms with Gasteiger partial charge in [0.05, 0.1) is 46.9 Å². The Morgan fingerprint density at radius 3 is 2.46 bits per heavy atom. The van der Waals surface area contributed by atoms with Gasteiger partial charge < -0.3 is 39.2 Å². The van der Waals surface area contributed by atoms with Crippen molar-refractivity contribution in [2.45, 2.75) is 153 Å². The lowest BCUT2D eigenvalue weighted by Crippen LogP contribution is -2.60. The fraction of sp³-hybridized carbons (Fsp3) is 0.478. The number of nitrogens with one attached hydrogen (secondary N) is 4. The molecule has 1 spiro atoms. The minimum Gasteiger partial charge on any atom is -0.493 e. The molecule has 18 heteroatoms. The lowest BCUT2D eigenvalue weighted by Gasteiger charge is -2.58. The molecule has 3 aliphatic carbocycles. The summed E-state index contributed by atoms with van der Waals surface area (Å²) in [4.78, 5) is 37.8. The van der Waals surface area contributed by atoms with Crippen molar-refractivity contribution in [2.24, 2.45) is 11.3 Å². The van der Waals surface area contributed by atoms with Crippen LogP contribution in [0, 0.1) is 24.1 Å². The number of halogens is 1. The summed E-state index contributed by atoms with van der Waals surface area (Å²) in [6.45, 7) is 16.5. The minimum atomic E-state index is -4.52. The Bertz CT molecular complexity index is 3920. The molecule has 13 rings (SSSR count). The lowest BCUT2D eigenvalue weighted by atomic mass is 9.59. The molecule has 16 nitrogen and oxygen atoms in total. The molecule has 5 fully saturated rings. The number of aryl methyl sites for hydroxylation is 2. The van der Waals surface area contributed by atoms with Crippen LogP contribution in [0.3, 0.4) is 0 Å². The third kappa shape index (κ3) is 11.3. The zero-order valence-electron chi connectivity index (χ0n) is 49.8. The number of methoxy groups -OCH3 is 1. The summed E-state index contributed by atoms with van der Waals surface area (Å²) in [5.74, 6) is 1.61. The third-order valence-electron chi connectivity index (χ3n) is 19.5. The Morgan fingerprint density at radius 1 is 0.918 bits per heavy atom. The molecular formula is C67H80FN9O7S. The summed E-state index contributed by atoms with van der Waals surface area (Å²) in [6.07, 6.45) is 13.3. The molecule has 1 atom stereocenters. The van der Waals surface area contributed by atoms with Crippen molar-refractivity contribution < 1.29 is 36.6 Å². The van der Waals surface area contributed by atoms with E-state index in [4.69, 9.17) is 18.9 Å². The quantitative estimate of drug-likeness (QED) is 0.0545. The molecule has 2 aliphatic heterocycles. The number of hydrogen-bond acceptors (Lipinski definition) is 13. The van der Waals surface area contributed by atoms with E-state index >= 15 is 4.39 Å². The van der Waals surface area contributed by atoms with Crippen LogP contribution in [0.15, 0.2) is 94.6 Å². The van der Waals surface area contributed by atoms with Crippen molar-refractivity contribution in [1.82, 2.24) is 34.5 Å². The summed E-state index contributed by atoms with van der Waals surface area (Å²) in [5, 5.41) is 15.6. The molecule has 0 radical (unpaired) electrons. The normalized spacial score (nSPS) is 21.5. The SMILES string of the molecule is CCCc1nc2[nH]cc(F)c2cc1Oc1cc(N2CCC3(CC2)CC(N2CCN(Cc4ccc(OC)c5oc(C)cc45)C[C@H]2c2ccccc2C(C)C)C3)ccc1C(=O)NS(=O)(=O)c1cc(C2CC2)c(NCC2CCC(C)(O)CC2)c2[nH]cnc12. The number of piperidine rings is 1. The van der Waals surface area contributed by atoms with Crippen LogP contribution in [-0.4, -0.2) is 107 Å². The van der Waals surface area contributed by atoms with Crippen LogP contribution in [0.5, 0.6) is 17.2 Å². The van der Waals surface area contributed by atoms with E-state index in [0.29, 0.717) is 47.7 Å². The van der Waals surface area contributed by atoms with Crippen LogP contribution in [0.4, 0.5) is 15.8 Å². The van der Waals surface area contributed by atoms with E-state index in [2.05, 4.69) is 89.9 Å². The predicted molar refractivity (Wildman–Crippen MR) is 330 cm³/mol. The Labute approximate surface area is 497 Å². The van der Waals surface area contributed by atoms with E-state index in [9.17, 15) is 18.3 Å². The second-order valence-corrected chi connectivity index (χ2v) is 27.5. The monoisotopic (exact) mass is 1170 g/mol. The van der Waals surface area contributed by atoms with Gasteiger partial charge in [-0.15, -0.1) is 0 Å². The van der Waals surface area contributed by atoms with Gasteiger partial charge in [0.25, 0.3) is 15.9 Å². The van der Waals surface area contributed by atoms with Gasteiger partial charge in [0.2, 0.25) is 0 Å². The smallest absolute Gasteiger partial charge is 0.268 e. The van der Waals surface area contributed by atoms with Crippen LogP contribution in [0.25, 0.3) is 33.0 Å². The van der Waals surface area contributed by atoms with Gasteiger partial charge in [-0.25, -0.2) is 27.5 Å². The number of pyridine rings is 1. The summed E-state index contributed by atoms with van der Waals surface area (Å²) in [7, 11) is -2.82. The van der Waals surface area contributed by atoms with Crippen molar-refractivity contribution in [1.29, 1.82) is 0 Å². The largest absolute Gasteiger partial charge is 0.493 e. The molecule has 0 unspecified atom stereocenters. The first kappa shape index (κ1) is 57.1. The van der Waals surface area contributed by atoms with Crippen LogP contribution in [0.2, 0.25) is 0 Å². The van der Waals surface area contributed by atoms with E-state index in [0.717, 1.165) is 149 Å². The number of aliphatic hydroxyl groups is 1. The number of rotatable bonds is 18. The molecule has 6 heterocycles. The number of hydrogen-bond donors (Lipinski definition) is 5. The van der Waals surface area contributed by atoms with Crippen molar-refractivity contribution >= 4 is 60.3 Å². The lowest BCUT2D eigenvalue weighted by molar-refractivity contribution is -0.0627. The summed E-state index contributed by atoms with van der Waals surface area (Å²) in [6, 6.07) is 24.7. The zero-order valence-corrected chi connectivity index (χ0v) is 50.6. The first-order valence-electron chi connectivity index (χ1n) is 30.9. The average molecular weight is 1170 g/mol. The number of nitrogens with zero attached hydrogens (tertiary/aromatic N) is 5. The van der Waals surface area contributed by atoms with Crippen molar-refractivity contribution in [3.8, 4) is 17.2 Å². The first-order chi connectivity index (χ1) is 41.0. The number of furan rings is 1. The number of benzene rings is 4. The molecule has 8 aromatic rings. The van der Waals surface area contributed by atoms with E-state index in [-0.39, 0.29) is 50.2 Å². The molecule has 4 aromatic heterocycles. The standard InChI is InChI=1S/C67H80FN9O7S/c1-7-10-54-58(31-52-53(68)36-70-64(52)73-54)84-57-30-45(16-17-49(57)65(78)74-85(80,81)59-32-50(43-13-14-43)60(62-61(59)71-39-72-62)69-35-42-19-21-66(5,79)22-20-42)76-25-23-67(24-26-76)33-46(34-67)77-28-27-75(38-55(77)48-12-9-8-11-47(48)40(2)3)37-44-15-18-56(82-6)63-51(44)29-41(4)83-63/h8-9,11-12,15-18,29-32,36,39-40,42-43,46,55,69,79H,7,10,13-14,19-28,33-35,37-38H2,1-6H3,(H,70,73)(H,71,72)(H,74,78)/t42?,55-,66?/m0/s1. The zero-order chi connectivity index (χ0) is 58.9. The van der Waals surface area contributed by atoms with Crippen LogP contribution in [0.1, 0.15) is 160 Å². The molecule has 2 saturated heterocycles. The topological polar surface area (TPSA) is 194 Å². The molecule has 1 amide bonds. The van der Waals surface area contributed by atoms with E-state index < -0.39 is 27.3 Å². The van der Waals surface area contributed by atoms with Crippen molar-refractivity contribution in [3.63, 3.8) is 0 Å². The number of H-pyrrole nitrogens is 2. The number of piperazine rings is 1. The maximum Gasteiger partial charge on any atom is 0.268 e. The Hall–Kier alpha value is -6.99. The predicted octanol–water partition coefficient (Wildman–Crippen LogP) is 13.2. The van der Waals surface area contributed by atoms with Gasteiger partial charge in [0.15, 0.2) is 11.3 Å². The number of sulfonamides is 1. The highest BCUT2D eigenvalue weighted by atomic mass is 32.2. The summed E-state index contributed by atoms with van der Waals surface area (Å²) in [5.41, 5.74) is 8.75. The third-order valence-corrected chi connectivity index (χ3v) is 20.9. The van der Waals surface area contributed by atoms with Gasteiger partial charge in [-0.1, -0.05) is 57.5 Å². The van der Waals surface area contributed by atoms with Gasteiger partial charge in [0, 0.05) is 81.2 Å². The number of carbonyl (C=O) groups excluding carboxylic acids is 1. The van der Waals surface area contributed by atoms with E-state index in [1.165, 1.54) is 29.2 Å². The van der Waals surface area contributed by atoms with Crippen molar-refractivity contribution in [2.75, 3.05) is 56.6 Å². The number of aromatic nitrogens is 4. The number of anilines is 2. The first-order valence-corrected chi connectivity index (χ1v) is 32.3. The Kier molecular flexibility index (Phi) is 15.2. The summed E-state index contributed by atoms with van der Waals surface area (Å²) >= 11 is 0. The number of aromatic amines is 2. The highest BCUT2D eigenvalue weighted by Crippen LogP contribution is 2.54. The minimum absolute atomic E-state index is 0.00714. The van der Waals surface area contributed by atoms with Gasteiger partial charge >= 0.3 is 0 Å². The van der Waals surface area contributed by atoms with Crippen LogP contribution in [-0.2, 0) is 23.0 Å². The van der Waals surface area contributed by atoms with Crippen molar-refractivity contribution in [3.05, 3.63) is 130 Å². The van der Waals surface area contributed by atoms with E-state index in [1.807, 2.05) is 39.0 Å². The van der Waals surface area contributed by atoms with Gasteiger partial charge in [-0.05, 0) is 166 Å². The maximum atomic E-state index is 15.2. The van der Waals surface area contributed by atoms with Crippen LogP contribution >= 0.6 is 0 Å². The van der Waals surface area contributed by atoms with Crippen LogP contribution < -0.4 is 24.4 Å². The number of amides is 1. The second-order valence-electron chi connectivity index (χ2n) is 25.8. The fourth-order valence-electron chi connectivity index (χ4n) is 14.5. The van der Waals surface area contributed by atoms with E-state index in [1.54, 1.807) is 25.3 Å². The van der Waals surface area contributed by atoms with Gasteiger partial charge in [0.1, 0.15) is 39.1 Å². The highest BCUT2D eigenvalue weighted by molar-refractivity contribution is 7.90. The number of imidazole rings is 1. The average Bonchev–Trinajstić information content (AvgIpc) is 3.21. The molecule has 448 valence electrons. The summed E-state index contributed by atoms with van der Waals surface area (Å²) < 4.78 is 65.6. The fourth-order valence-corrected chi connectivity index (χ4v) is 15.7. The number of carbonyl (C=O) groups is 1. The second kappa shape index (κ2) is 22.7.